The van der Waals surface area contributed by atoms with Crippen LogP contribution >= 0.6 is 11.3 Å². The molecule has 1 atom stereocenters. The summed E-state index contributed by atoms with van der Waals surface area (Å²) in [4.78, 5) is 1.05. The number of ether oxygens (including phenoxy) is 1. The van der Waals surface area contributed by atoms with Crippen LogP contribution in [0.3, 0.4) is 0 Å². The third-order valence-electron chi connectivity index (χ3n) is 4.54. The van der Waals surface area contributed by atoms with Gasteiger partial charge in [0.25, 0.3) is 0 Å². The third kappa shape index (κ3) is 3.49. The number of allylic oxidation sites excluding steroid dienone is 1. The molecule has 0 bridgehead atoms. The molecule has 0 saturated heterocycles. The van der Waals surface area contributed by atoms with E-state index in [0.29, 0.717) is 11.3 Å². The van der Waals surface area contributed by atoms with Gasteiger partial charge in [0.05, 0.1) is 5.92 Å². The molecule has 0 saturated carbocycles. The van der Waals surface area contributed by atoms with Crippen molar-refractivity contribution in [2.45, 2.75) is 44.9 Å². The van der Waals surface area contributed by atoms with E-state index in [1.807, 2.05) is 23.6 Å². The summed E-state index contributed by atoms with van der Waals surface area (Å²) in [6.45, 7) is 2.18. The monoisotopic (exact) mass is 354 g/mol. The summed E-state index contributed by atoms with van der Waals surface area (Å²) in [6, 6.07) is 9.78. The number of phenols is 1. The van der Waals surface area contributed by atoms with Crippen molar-refractivity contribution in [3.8, 4) is 17.6 Å². The number of aryl methyl sites for hydroxylation is 1. The minimum atomic E-state index is -0.233. The third-order valence-corrected chi connectivity index (χ3v) is 5.48. The molecule has 1 unspecified atom stereocenters. The zero-order valence-electron chi connectivity index (χ0n) is 14.3. The van der Waals surface area contributed by atoms with Crippen LogP contribution < -0.4 is 10.5 Å². The highest BCUT2D eigenvalue weighted by atomic mass is 32.1. The van der Waals surface area contributed by atoms with E-state index >= 15 is 0 Å². The number of fused-ring (bicyclic) bond motifs is 1. The number of unbranched alkanes of at least 4 members (excludes halogenated alkanes) is 3. The number of phenolic OH excluding ortho intramolecular Hbond substituents is 1. The first-order valence-corrected chi connectivity index (χ1v) is 9.50. The van der Waals surface area contributed by atoms with E-state index in [1.54, 1.807) is 17.4 Å². The first kappa shape index (κ1) is 17.4. The molecule has 0 radical (unpaired) electrons. The molecule has 0 fully saturated rings. The van der Waals surface area contributed by atoms with E-state index in [4.69, 9.17) is 10.5 Å². The van der Waals surface area contributed by atoms with Gasteiger partial charge in [-0.25, -0.2) is 0 Å². The highest BCUT2D eigenvalue weighted by Crippen LogP contribution is 2.45. The lowest BCUT2D eigenvalue weighted by molar-refractivity contribution is 0.387. The molecule has 1 aliphatic rings. The Morgan fingerprint density at radius 1 is 1.32 bits per heavy atom. The Hall–Kier alpha value is -2.45. The SMILES string of the molecule is CCCCCCc1cc2c(cc1O)OC(N)=C(C#N)C2c1cccs1. The Labute approximate surface area is 152 Å². The van der Waals surface area contributed by atoms with Crippen LogP contribution in [0.25, 0.3) is 0 Å². The molecule has 0 spiro atoms. The highest BCUT2D eigenvalue weighted by molar-refractivity contribution is 7.10. The summed E-state index contributed by atoms with van der Waals surface area (Å²) in [6.07, 6.45) is 5.38. The zero-order valence-corrected chi connectivity index (χ0v) is 15.1. The second-order valence-corrected chi connectivity index (χ2v) is 7.25. The van der Waals surface area contributed by atoms with Gasteiger partial charge in [-0.3, -0.25) is 0 Å². The molecule has 1 aromatic carbocycles. The number of nitrogens with zero attached hydrogens (tertiary/aromatic N) is 1. The Balaban J connectivity index is 1.99. The van der Waals surface area contributed by atoms with E-state index < -0.39 is 0 Å². The quantitative estimate of drug-likeness (QED) is 0.731. The van der Waals surface area contributed by atoms with Crippen LogP contribution in [0.5, 0.6) is 11.5 Å². The predicted molar refractivity (Wildman–Crippen MR) is 99.6 cm³/mol. The molecule has 0 aliphatic carbocycles. The molecule has 25 heavy (non-hydrogen) atoms. The van der Waals surface area contributed by atoms with Crippen LogP contribution in [0.15, 0.2) is 41.1 Å². The zero-order chi connectivity index (χ0) is 17.8. The van der Waals surface area contributed by atoms with E-state index in [1.165, 1.54) is 12.8 Å². The lowest BCUT2D eigenvalue weighted by Gasteiger charge is -2.26. The van der Waals surface area contributed by atoms with Gasteiger partial charge in [0.15, 0.2) is 0 Å². The summed E-state index contributed by atoms with van der Waals surface area (Å²) in [5, 5.41) is 21.9. The Morgan fingerprint density at radius 3 is 2.84 bits per heavy atom. The Kier molecular flexibility index (Phi) is 5.30. The highest BCUT2D eigenvalue weighted by Gasteiger charge is 2.32. The van der Waals surface area contributed by atoms with Gasteiger partial charge in [-0.05, 0) is 35.9 Å². The van der Waals surface area contributed by atoms with Crippen LogP contribution in [-0.2, 0) is 6.42 Å². The van der Waals surface area contributed by atoms with E-state index in [0.717, 1.165) is 35.3 Å². The fraction of sp³-hybridized carbons (Fsp3) is 0.350. The average Bonchev–Trinajstić information content (AvgIpc) is 3.12. The number of nitrogens with two attached hydrogens (primary N) is 1. The molecule has 2 aromatic rings. The number of benzene rings is 1. The van der Waals surface area contributed by atoms with Crippen LogP contribution in [0.4, 0.5) is 0 Å². The van der Waals surface area contributed by atoms with Gasteiger partial charge < -0.3 is 15.6 Å². The largest absolute Gasteiger partial charge is 0.508 e. The van der Waals surface area contributed by atoms with Crippen LogP contribution in [0.1, 0.15) is 54.5 Å². The van der Waals surface area contributed by atoms with Crippen LogP contribution in [0.2, 0.25) is 0 Å². The van der Waals surface area contributed by atoms with Crippen molar-refractivity contribution in [3.05, 3.63) is 57.1 Å². The summed E-state index contributed by atoms with van der Waals surface area (Å²) >= 11 is 1.59. The maximum absolute atomic E-state index is 10.3. The molecule has 130 valence electrons. The number of hydrogen-bond donors (Lipinski definition) is 2. The number of nitriles is 1. The molecule has 1 aromatic heterocycles. The standard InChI is InChI=1S/C20H22N2O2S/c1-2-3-4-5-7-13-10-14-17(11-16(13)23)24-20(22)15(12-21)19(14)18-8-6-9-25-18/h6,8-11,19,23H,2-5,7,22H2,1H3. The fourth-order valence-corrected chi connectivity index (χ4v) is 4.08. The van der Waals surface area contributed by atoms with Crippen molar-refractivity contribution >= 4 is 11.3 Å². The van der Waals surface area contributed by atoms with Crippen molar-refractivity contribution in [2.24, 2.45) is 5.73 Å². The normalized spacial score (nSPS) is 16.2. The van der Waals surface area contributed by atoms with Gasteiger partial charge in [-0.2, -0.15) is 5.26 Å². The van der Waals surface area contributed by atoms with Crippen LogP contribution in [-0.4, -0.2) is 5.11 Å². The van der Waals surface area contributed by atoms with Gasteiger partial charge in [0.2, 0.25) is 5.88 Å². The Morgan fingerprint density at radius 2 is 2.16 bits per heavy atom. The molecule has 0 amide bonds. The summed E-state index contributed by atoms with van der Waals surface area (Å²) < 4.78 is 5.62. The molecular formula is C20H22N2O2S. The van der Waals surface area contributed by atoms with E-state index in [-0.39, 0.29) is 17.6 Å². The van der Waals surface area contributed by atoms with Crippen LogP contribution in [0, 0.1) is 11.3 Å². The predicted octanol–water partition coefficient (Wildman–Crippen LogP) is 4.79. The maximum atomic E-state index is 10.3. The summed E-state index contributed by atoms with van der Waals surface area (Å²) in [5.41, 5.74) is 8.19. The number of hydrogen-bond acceptors (Lipinski definition) is 5. The molecule has 4 nitrogen and oxygen atoms in total. The lowest BCUT2D eigenvalue weighted by atomic mass is 9.86. The molecule has 1 aliphatic heterocycles. The summed E-state index contributed by atoms with van der Waals surface area (Å²) in [7, 11) is 0. The van der Waals surface area contributed by atoms with Gasteiger partial charge in [-0.1, -0.05) is 32.3 Å². The Bertz CT molecular complexity index is 819. The second kappa shape index (κ2) is 7.62. The van der Waals surface area contributed by atoms with Crippen molar-refractivity contribution in [1.29, 1.82) is 5.26 Å². The number of aromatic hydroxyl groups is 1. The fourth-order valence-electron chi connectivity index (χ4n) is 3.23. The van der Waals surface area contributed by atoms with Crippen molar-refractivity contribution in [2.75, 3.05) is 0 Å². The van der Waals surface area contributed by atoms with Gasteiger partial charge in [0, 0.05) is 16.5 Å². The average molecular weight is 354 g/mol. The topological polar surface area (TPSA) is 79.3 Å². The van der Waals surface area contributed by atoms with E-state index in [9.17, 15) is 10.4 Å². The van der Waals surface area contributed by atoms with Crippen molar-refractivity contribution in [3.63, 3.8) is 0 Å². The van der Waals surface area contributed by atoms with Crippen molar-refractivity contribution in [1.82, 2.24) is 0 Å². The van der Waals surface area contributed by atoms with Gasteiger partial charge in [0.1, 0.15) is 23.1 Å². The first-order chi connectivity index (χ1) is 12.2. The minimum absolute atomic E-state index is 0.114. The maximum Gasteiger partial charge on any atom is 0.205 e. The first-order valence-electron chi connectivity index (χ1n) is 8.62. The molecule has 3 N–H and O–H groups in total. The number of rotatable bonds is 6. The lowest BCUT2D eigenvalue weighted by Crippen LogP contribution is -2.20. The van der Waals surface area contributed by atoms with Gasteiger partial charge >= 0.3 is 0 Å². The summed E-state index contributed by atoms with van der Waals surface area (Å²) in [5.74, 6) is 0.644. The van der Waals surface area contributed by atoms with Crippen molar-refractivity contribution < 1.29 is 9.84 Å². The molecule has 3 rings (SSSR count). The van der Waals surface area contributed by atoms with E-state index in [2.05, 4.69) is 13.0 Å². The number of thiophene rings is 1. The molecular weight excluding hydrogens is 332 g/mol. The minimum Gasteiger partial charge on any atom is -0.508 e. The molecule has 2 heterocycles. The molecule has 5 heteroatoms. The smallest absolute Gasteiger partial charge is 0.205 e. The second-order valence-electron chi connectivity index (χ2n) is 6.27. The van der Waals surface area contributed by atoms with Gasteiger partial charge in [-0.15, -0.1) is 11.3 Å².